The lowest BCUT2D eigenvalue weighted by molar-refractivity contribution is -0.181. The monoisotopic (exact) mass is 290 g/mol. The number of hydrogen-bond donors (Lipinski definition) is 0. The lowest BCUT2D eigenvalue weighted by Gasteiger charge is -2.30. The average molecular weight is 290 g/mol. The van der Waals surface area contributed by atoms with Crippen LogP contribution in [0.15, 0.2) is 24.3 Å². The Balaban J connectivity index is 3.01. The minimum atomic E-state index is -4.29. The minimum absolute atomic E-state index is 0.0154. The Labute approximate surface area is 117 Å². The molecule has 2 unspecified atom stereocenters. The van der Waals surface area contributed by atoms with E-state index in [4.69, 9.17) is 9.47 Å². The molecule has 0 spiro atoms. The highest BCUT2D eigenvalue weighted by atomic mass is 19.4. The lowest BCUT2D eigenvalue weighted by atomic mass is 9.92. The lowest BCUT2D eigenvalue weighted by Crippen LogP contribution is -2.31. The Bertz CT molecular complexity index is 431. The van der Waals surface area contributed by atoms with E-state index in [1.165, 1.54) is 14.0 Å². The molecule has 2 nitrogen and oxygen atoms in total. The summed E-state index contributed by atoms with van der Waals surface area (Å²) in [6.07, 6.45) is -4.49. The first-order valence-electron chi connectivity index (χ1n) is 6.59. The molecule has 0 bridgehead atoms. The van der Waals surface area contributed by atoms with Crippen molar-refractivity contribution in [3.05, 3.63) is 29.8 Å². The van der Waals surface area contributed by atoms with Crippen molar-refractivity contribution in [1.82, 2.24) is 0 Å². The molecule has 0 heterocycles. The van der Waals surface area contributed by atoms with Crippen molar-refractivity contribution in [3.8, 4) is 5.75 Å². The van der Waals surface area contributed by atoms with Gasteiger partial charge >= 0.3 is 6.18 Å². The predicted octanol–water partition coefficient (Wildman–Crippen LogP) is 4.68. The Morgan fingerprint density at radius 2 is 1.90 bits per heavy atom. The van der Waals surface area contributed by atoms with Gasteiger partial charge in [0.05, 0.1) is 18.1 Å². The van der Waals surface area contributed by atoms with Crippen LogP contribution in [0.1, 0.15) is 39.2 Å². The van der Waals surface area contributed by atoms with E-state index in [2.05, 4.69) is 0 Å². The second kappa shape index (κ2) is 6.48. The Kier molecular flexibility index (Phi) is 5.45. The van der Waals surface area contributed by atoms with Gasteiger partial charge < -0.3 is 9.47 Å². The molecule has 1 rings (SSSR count). The normalized spacial score (nSPS) is 16.6. The van der Waals surface area contributed by atoms with Crippen LogP contribution < -0.4 is 4.74 Å². The molecule has 114 valence electrons. The quantitative estimate of drug-likeness (QED) is 0.757. The highest BCUT2D eigenvalue weighted by Crippen LogP contribution is 2.38. The first kappa shape index (κ1) is 16.8. The summed E-state index contributed by atoms with van der Waals surface area (Å²) < 4.78 is 48.8. The fraction of sp³-hybridized carbons (Fsp3) is 0.600. The van der Waals surface area contributed by atoms with Crippen LogP contribution in [0.4, 0.5) is 13.2 Å². The molecular formula is C15H21F3O2. The molecular weight excluding hydrogens is 269 g/mol. The highest BCUT2D eigenvalue weighted by molar-refractivity contribution is 5.32. The van der Waals surface area contributed by atoms with Gasteiger partial charge in [-0.1, -0.05) is 19.1 Å². The number of rotatable bonds is 6. The van der Waals surface area contributed by atoms with Crippen LogP contribution >= 0.6 is 0 Å². The molecule has 20 heavy (non-hydrogen) atoms. The van der Waals surface area contributed by atoms with E-state index in [1.54, 1.807) is 24.3 Å². The van der Waals surface area contributed by atoms with Gasteiger partial charge in [-0.3, -0.25) is 0 Å². The maximum atomic E-state index is 12.7. The molecule has 0 aromatic heterocycles. The third kappa shape index (κ3) is 4.71. The molecule has 1 aromatic carbocycles. The van der Waals surface area contributed by atoms with Crippen molar-refractivity contribution in [2.45, 2.75) is 51.5 Å². The first-order valence-corrected chi connectivity index (χ1v) is 6.59. The van der Waals surface area contributed by atoms with E-state index in [0.29, 0.717) is 11.3 Å². The summed E-state index contributed by atoms with van der Waals surface area (Å²) in [6, 6.07) is 6.65. The van der Waals surface area contributed by atoms with Crippen molar-refractivity contribution in [3.63, 3.8) is 0 Å². The predicted molar refractivity (Wildman–Crippen MR) is 71.9 cm³/mol. The second-order valence-corrected chi connectivity index (χ2v) is 5.09. The third-order valence-electron chi connectivity index (χ3n) is 3.35. The Morgan fingerprint density at radius 1 is 1.25 bits per heavy atom. The van der Waals surface area contributed by atoms with Gasteiger partial charge in [0.1, 0.15) is 5.75 Å². The van der Waals surface area contributed by atoms with Gasteiger partial charge in [-0.2, -0.15) is 13.2 Å². The molecule has 0 aliphatic rings. The van der Waals surface area contributed by atoms with Crippen molar-refractivity contribution in [2.75, 3.05) is 7.11 Å². The number of methoxy groups -OCH3 is 1. The van der Waals surface area contributed by atoms with Gasteiger partial charge in [0.25, 0.3) is 0 Å². The summed E-state index contributed by atoms with van der Waals surface area (Å²) in [5, 5.41) is 0. The van der Waals surface area contributed by atoms with E-state index in [0.717, 1.165) is 6.42 Å². The molecule has 2 atom stereocenters. The molecule has 0 aliphatic carbocycles. The zero-order chi connectivity index (χ0) is 15.4. The fourth-order valence-electron chi connectivity index (χ4n) is 1.89. The summed E-state index contributed by atoms with van der Waals surface area (Å²) in [7, 11) is 1.29. The van der Waals surface area contributed by atoms with Crippen LogP contribution in [0.5, 0.6) is 5.75 Å². The van der Waals surface area contributed by atoms with Gasteiger partial charge in [-0.25, -0.2) is 0 Å². The summed E-state index contributed by atoms with van der Waals surface area (Å²) in [6.45, 7) is 5.33. The van der Waals surface area contributed by atoms with E-state index in [1.807, 2.05) is 13.8 Å². The largest absolute Gasteiger partial charge is 0.491 e. The van der Waals surface area contributed by atoms with Gasteiger partial charge in [0, 0.05) is 7.11 Å². The number of halogens is 3. The van der Waals surface area contributed by atoms with Gasteiger partial charge in [0.2, 0.25) is 0 Å². The molecule has 1 aromatic rings. The molecule has 5 heteroatoms. The van der Waals surface area contributed by atoms with Crippen molar-refractivity contribution >= 4 is 0 Å². The van der Waals surface area contributed by atoms with E-state index >= 15 is 0 Å². The van der Waals surface area contributed by atoms with Crippen molar-refractivity contribution < 1.29 is 22.6 Å². The standard InChI is InChI=1S/C15H21F3O2/c1-5-11(2)20-13-8-6-7-12(9-13)14(3,19-4)10-15(16,17)18/h6-9,11H,5,10H2,1-4H3. The fourth-order valence-corrected chi connectivity index (χ4v) is 1.89. The van der Waals surface area contributed by atoms with Crippen molar-refractivity contribution in [1.29, 1.82) is 0 Å². The first-order chi connectivity index (χ1) is 9.20. The number of hydrogen-bond acceptors (Lipinski definition) is 2. The van der Waals surface area contributed by atoms with Crippen LogP contribution in [-0.4, -0.2) is 19.4 Å². The Hall–Kier alpha value is -1.23. The van der Waals surface area contributed by atoms with Crippen LogP contribution in [0.3, 0.4) is 0 Å². The zero-order valence-electron chi connectivity index (χ0n) is 12.3. The maximum Gasteiger partial charge on any atom is 0.392 e. The molecule has 0 saturated heterocycles. The van der Waals surface area contributed by atoms with Gasteiger partial charge in [-0.05, 0) is 38.0 Å². The molecule has 0 fully saturated rings. The zero-order valence-corrected chi connectivity index (χ0v) is 12.3. The number of benzene rings is 1. The summed E-state index contributed by atoms with van der Waals surface area (Å²) in [4.78, 5) is 0. The van der Waals surface area contributed by atoms with Crippen LogP contribution in [-0.2, 0) is 10.3 Å². The van der Waals surface area contributed by atoms with Gasteiger partial charge in [-0.15, -0.1) is 0 Å². The van der Waals surface area contributed by atoms with Crippen molar-refractivity contribution in [2.24, 2.45) is 0 Å². The smallest absolute Gasteiger partial charge is 0.392 e. The molecule has 0 radical (unpaired) electrons. The molecule has 0 aliphatic heterocycles. The number of alkyl halides is 3. The molecule has 0 amide bonds. The maximum absolute atomic E-state index is 12.7. The van der Waals surface area contributed by atoms with Crippen LogP contribution in [0, 0.1) is 0 Å². The summed E-state index contributed by atoms with van der Waals surface area (Å²) in [5.74, 6) is 0.558. The van der Waals surface area contributed by atoms with E-state index in [9.17, 15) is 13.2 Å². The highest BCUT2D eigenvalue weighted by Gasteiger charge is 2.40. The molecule has 0 N–H and O–H groups in total. The summed E-state index contributed by atoms with van der Waals surface area (Å²) in [5.41, 5.74) is -0.953. The topological polar surface area (TPSA) is 18.5 Å². The van der Waals surface area contributed by atoms with Crippen LogP contribution in [0.25, 0.3) is 0 Å². The second-order valence-electron chi connectivity index (χ2n) is 5.09. The van der Waals surface area contributed by atoms with Crippen LogP contribution in [0.2, 0.25) is 0 Å². The third-order valence-corrected chi connectivity index (χ3v) is 3.35. The van der Waals surface area contributed by atoms with E-state index in [-0.39, 0.29) is 6.10 Å². The minimum Gasteiger partial charge on any atom is -0.491 e. The number of ether oxygens (including phenoxy) is 2. The Morgan fingerprint density at radius 3 is 2.40 bits per heavy atom. The summed E-state index contributed by atoms with van der Waals surface area (Å²) >= 11 is 0. The average Bonchev–Trinajstić information content (AvgIpc) is 2.37. The molecule has 0 saturated carbocycles. The SMILES string of the molecule is CCC(C)Oc1cccc(C(C)(CC(F)(F)F)OC)c1. The van der Waals surface area contributed by atoms with E-state index < -0.39 is 18.2 Å². The van der Waals surface area contributed by atoms with Gasteiger partial charge in [0.15, 0.2) is 0 Å².